The van der Waals surface area contributed by atoms with Gasteiger partial charge < -0.3 is 4.74 Å². The summed E-state index contributed by atoms with van der Waals surface area (Å²) in [6.07, 6.45) is 1.50. The molecule has 1 aromatic carbocycles. The maximum absolute atomic E-state index is 10.9. The Bertz CT molecular complexity index is 584. The van der Waals surface area contributed by atoms with E-state index in [0.29, 0.717) is 5.75 Å². The zero-order chi connectivity index (χ0) is 13.1. The Hall–Kier alpha value is -2.14. The van der Waals surface area contributed by atoms with E-state index in [0.717, 1.165) is 5.69 Å². The Labute approximate surface area is 108 Å². The van der Waals surface area contributed by atoms with E-state index in [2.05, 4.69) is 4.98 Å². The molecule has 0 fully saturated rings. The van der Waals surface area contributed by atoms with Crippen LogP contribution in [0.25, 0.3) is 0 Å². The van der Waals surface area contributed by atoms with Crippen LogP contribution in [-0.4, -0.2) is 9.91 Å². The van der Waals surface area contributed by atoms with Crippen molar-refractivity contribution >= 4 is 17.3 Å². The number of ether oxygens (including phenoxy) is 1. The fourth-order valence-corrected chi connectivity index (χ4v) is 1.63. The van der Waals surface area contributed by atoms with Gasteiger partial charge in [0.2, 0.25) is 5.75 Å². The van der Waals surface area contributed by atoms with Gasteiger partial charge in [0.1, 0.15) is 10.8 Å². The van der Waals surface area contributed by atoms with Crippen LogP contribution in [0.2, 0.25) is 5.02 Å². The number of aryl methyl sites for hydroxylation is 1. The van der Waals surface area contributed by atoms with E-state index in [1.54, 1.807) is 18.2 Å². The zero-order valence-corrected chi connectivity index (χ0v) is 10.2. The number of nitro groups is 1. The van der Waals surface area contributed by atoms with Crippen molar-refractivity contribution < 1.29 is 9.66 Å². The van der Waals surface area contributed by atoms with Crippen molar-refractivity contribution in [1.29, 1.82) is 0 Å². The molecule has 1 heterocycles. The second-order valence-corrected chi connectivity index (χ2v) is 3.99. The van der Waals surface area contributed by atoms with Gasteiger partial charge in [0, 0.05) is 5.69 Å². The number of halogens is 1. The lowest BCUT2D eigenvalue weighted by Gasteiger charge is -2.06. The fourth-order valence-electron chi connectivity index (χ4n) is 1.40. The van der Waals surface area contributed by atoms with E-state index in [9.17, 15) is 10.1 Å². The van der Waals surface area contributed by atoms with Crippen molar-refractivity contribution in [2.75, 3.05) is 0 Å². The number of aromatic nitrogens is 1. The highest BCUT2D eigenvalue weighted by molar-refractivity contribution is 6.32. The summed E-state index contributed by atoms with van der Waals surface area (Å²) in [4.78, 5) is 14.4. The molecule has 0 bridgehead atoms. The average molecular weight is 265 g/mol. The molecule has 0 spiro atoms. The van der Waals surface area contributed by atoms with Crippen LogP contribution < -0.4 is 4.74 Å². The first-order chi connectivity index (χ1) is 8.58. The molecule has 18 heavy (non-hydrogen) atoms. The smallest absolute Gasteiger partial charge is 0.329 e. The first kappa shape index (κ1) is 12.3. The maximum Gasteiger partial charge on any atom is 0.329 e. The van der Waals surface area contributed by atoms with Crippen LogP contribution in [0.3, 0.4) is 0 Å². The molecule has 6 heteroatoms. The normalized spacial score (nSPS) is 10.1. The molecular formula is C12H9ClN2O3. The Morgan fingerprint density at radius 2 is 2.11 bits per heavy atom. The average Bonchev–Trinajstić information content (AvgIpc) is 2.32. The van der Waals surface area contributed by atoms with E-state index in [4.69, 9.17) is 16.3 Å². The molecule has 0 unspecified atom stereocenters. The lowest BCUT2D eigenvalue weighted by Crippen LogP contribution is -1.94. The van der Waals surface area contributed by atoms with Gasteiger partial charge in [0.25, 0.3) is 0 Å². The minimum Gasteiger partial charge on any atom is -0.448 e. The number of para-hydroxylation sites is 1. The van der Waals surface area contributed by atoms with Gasteiger partial charge in [-0.3, -0.25) is 15.1 Å². The molecule has 92 valence electrons. The van der Waals surface area contributed by atoms with Crippen molar-refractivity contribution in [3.8, 4) is 11.5 Å². The number of rotatable bonds is 3. The summed E-state index contributed by atoms with van der Waals surface area (Å²) in [6.45, 7) is 1.84. The highest BCUT2D eigenvalue weighted by Gasteiger charge is 2.20. The van der Waals surface area contributed by atoms with Crippen molar-refractivity contribution in [1.82, 2.24) is 4.98 Å². The largest absolute Gasteiger partial charge is 0.448 e. The molecule has 0 saturated carbocycles. The van der Waals surface area contributed by atoms with Gasteiger partial charge in [0.15, 0.2) is 0 Å². The number of hydrogen-bond donors (Lipinski definition) is 0. The maximum atomic E-state index is 10.9. The molecule has 2 rings (SSSR count). The van der Waals surface area contributed by atoms with Crippen LogP contribution >= 0.6 is 11.6 Å². The molecule has 1 aromatic heterocycles. The lowest BCUT2D eigenvalue weighted by molar-refractivity contribution is -0.385. The second-order valence-electron chi connectivity index (χ2n) is 3.58. The molecule has 0 aliphatic carbocycles. The van der Waals surface area contributed by atoms with Gasteiger partial charge in [-0.15, -0.1) is 0 Å². The number of nitrogens with zero attached hydrogens (tertiary/aromatic N) is 2. The Kier molecular flexibility index (Phi) is 3.43. The summed E-state index contributed by atoms with van der Waals surface area (Å²) in [6, 6.07) is 7.97. The third-order valence-corrected chi connectivity index (χ3v) is 2.55. The Balaban J connectivity index is 2.37. The monoisotopic (exact) mass is 264 g/mol. The first-order valence-corrected chi connectivity index (χ1v) is 5.49. The molecule has 5 nitrogen and oxygen atoms in total. The predicted octanol–water partition coefficient (Wildman–Crippen LogP) is 3.74. The van der Waals surface area contributed by atoms with Gasteiger partial charge in [-0.25, -0.2) is 0 Å². The summed E-state index contributed by atoms with van der Waals surface area (Å²) in [5.74, 6) is 0.518. The number of pyridine rings is 1. The van der Waals surface area contributed by atoms with Crippen molar-refractivity contribution in [2.24, 2.45) is 0 Å². The third-order valence-electron chi connectivity index (χ3n) is 2.24. The van der Waals surface area contributed by atoms with Crippen LogP contribution in [0.1, 0.15) is 5.69 Å². The van der Waals surface area contributed by atoms with Gasteiger partial charge in [-0.05, 0) is 31.2 Å². The van der Waals surface area contributed by atoms with Gasteiger partial charge >= 0.3 is 5.69 Å². The summed E-state index contributed by atoms with van der Waals surface area (Å²) in [7, 11) is 0. The van der Waals surface area contributed by atoms with Crippen LogP contribution in [0.15, 0.2) is 36.5 Å². The minimum absolute atomic E-state index is 0.0394. The summed E-state index contributed by atoms with van der Waals surface area (Å²) in [5.41, 5.74) is 0.586. The Morgan fingerprint density at radius 3 is 2.72 bits per heavy atom. The fraction of sp³-hybridized carbons (Fsp3) is 0.0833. The summed E-state index contributed by atoms with van der Waals surface area (Å²) < 4.78 is 5.42. The number of hydrogen-bond acceptors (Lipinski definition) is 4. The lowest BCUT2D eigenvalue weighted by atomic mass is 10.3. The van der Waals surface area contributed by atoms with Crippen LogP contribution in [0.4, 0.5) is 5.69 Å². The van der Waals surface area contributed by atoms with Gasteiger partial charge in [0.05, 0.1) is 11.1 Å². The van der Waals surface area contributed by atoms with Crippen LogP contribution in [0.5, 0.6) is 11.5 Å². The first-order valence-electron chi connectivity index (χ1n) is 5.11. The molecule has 2 aromatic rings. The highest BCUT2D eigenvalue weighted by Crippen LogP contribution is 2.36. The second kappa shape index (κ2) is 5.01. The van der Waals surface area contributed by atoms with Gasteiger partial charge in [-0.1, -0.05) is 17.7 Å². The third kappa shape index (κ3) is 2.57. The van der Waals surface area contributed by atoms with Gasteiger partial charge in [-0.2, -0.15) is 0 Å². The minimum atomic E-state index is -0.570. The SMILES string of the molecule is Cc1ccc(Oc2cccc(Cl)c2[N+](=O)[O-])cn1. The molecule has 0 aliphatic heterocycles. The van der Waals surface area contributed by atoms with E-state index >= 15 is 0 Å². The number of nitro benzene ring substituents is 1. The van der Waals surface area contributed by atoms with E-state index in [1.165, 1.54) is 18.3 Å². The molecular weight excluding hydrogens is 256 g/mol. The molecule has 0 radical (unpaired) electrons. The number of benzene rings is 1. The Morgan fingerprint density at radius 1 is 1.33 bits per heavy atom. The standard InChI is InChI=1S/C12H9ClN2O3/c1-8-5-6-9(7-14-8)18-11-4-2-3-10(13)12(11)15(16)17/h2-7H,1H3. The van der Waals surface area contributed by atoms with E-state index < -0.39 is 4.92 Å². The molecule has 0 atom stereocenters. The van der Waals surface area contributed by atoms with Crippen molar-refractivity contribution in [2.45, 2.75) is 6.92 Å². The zero-order valence-electron chi connectivity index (χ0n) is 9.46. The van der Waals surface area contributed by atoms with Crippen molar-refractivity contribution in [3.05, 3.63) is 57.4 Å². The van der Waals surface area contributed by atoms with E-state index in [1.807, 2.05) is 6.92 Å². The molecule has 0 amide bonds. The van der Waals surface area contributed by atoms with E-state index in [-0.39, 0.29) is 16.5 Å². The summed E-state index contributed by atoms with van der Waals surface area (Å²) in [5, 5.41) is 11.0. The van der Waals surface area contributed by atoms with Crippen LogP contribution in [0, 0.1) is 17.0 Å². The molecule has 0 N–H and O–H groups in total. The van der Waals surface area contributed by atoms with Crippen LogP contribution in [-0.2, 0) is 0 Å². The highest BCUT2D eigenvalue weighted by atomic mass is 35.5. The topological polar surface area (TPSA) is 65.3 Å². The summed E-state index contributed by atoms with van der Waals surface area (Å²) >= 11 is 5.78. The molecule has 0 saturated heterocycles. The molecule has 0 aliphatic rings. The predicted molar refractivity (Wildman–Crippen MR) is 67.2 cm³/mol. The quantitative estimate of drug-likeness (QED) is 0.626. The van der Waals surface area contributed by atoms with Crippen molar-refractivity contribution in [3.63, 3.8) is 0 Å².